The van der Waals surface area contributed by atoms with E-state index in [2.05, 4.69) is 11.0 Å². The maximum Gasteiger partial charge on any atom is 0.246 e. The highest BCUT2D eigenvalue weighted by Gasteiger charge is 2.22. The molecule has 1 atom stereocenters. The number of hydrogen-bond acceptors (Lipinski definition) is 3. The number of amides is 2. The molecule has 1 aliphatic rings. The van der Waals surface area contributed by atoms with Crippen molar-refractivity contribution in [1.29, 1.82) is 0 Å². The lowest BCUT2D eigenvalue weighted by Crippen LogP contribution is -2.46. The van der Waals surface area contributed by atoms with E-state index in [0.29, 0.717) is 13.1 Å². The fourth-order valence-electron chi connectivity index (χ4n) is 2.71. The summed E-state index contributed by atoms with van der Waals surface area (Å²) in [5, 5.41) is 0. The Balaban J connectivity index is 1.90. The van der Waals surface area contributed by atoms with Crippen LogP contribution in [0.15, 0.2) is 48.1 Å². The zero-order valence-electron chi connectivity index (χ0n) is 14.3. The van der Waals surface area contributed by atoms with Gasteiger partial charge in [-0.2, -0.15) is 0 Å². The molecule has 1 aromatic carbocycles. The van der Waals surface area contributed by atoms with Gasteiger partial charge in [0, 0.05) is 32.8 Å². The Morgan fingerprint density at radius 1 is 1.33 bits per heavy atom. The number of carbonyl (C=O) groups is 2. The first kappa shape index (κ1) is 17.9. The summed E-state index contributed by atoms with van der Waals surface area (Å²) in [5.41, 5.74) is 7.52. The van der Waals surface area contributed by atoms with Crippen LogP contribution in [-0.4, -0.2) is 54.3 Å². The molecule has 1 aromatic rings. The maximum absolute atomic E-state index is 12.2. The van der Waals surface area contributed by atoms with E-state index in [1.165, 1.54) is 0 Å². The number of primary amides is 1. The minimum absolute atomic E-state index is 0.0418. The monoisotopic (exact) mass is 327 g/mol. The molecule has 1 aliphatic heterocycles. The third-order valence-electron chi connectivity index (χ3n) is 4.25. The van der Waals surface area contributed by atoms with Crippen molar-refractivity contribution in [1.82, 2.24) is 9.80 Å². The van der Waals surface area contributed by atoms with Crippen LogP contribution in [-0.2, 0) is 9.59 Å². The topological polar surface area (TPSA) is 66.6 Å². The zero-order valence-corrected chi connectivity index (χ0v) is 14.3. The predicted octanol–water partition coefficient (Wildman–Crippen LogP) is 1.66. The number of rotatable bonds is 6. The fourth-order valence-corrected chi connectivity index (χ4v) is 2.71. The Morgan fingerprint density at radius 2 is 2.04 bits per heavy atom. The van der Waals surface area contributed by atoms with Crippen LogP contribution in [0.5, 0.6) is 0 Å². The molecule has 2 rings (SSSR count). The fraction of sp³-hybridized carbons (Fsp3) is 0.368. The predicted molar refractivity (Wildman–Crippen MR) is 96.0 cm³/mol. The normalized spacial score (nSPS) is 16.7. The summed E-state index contributed by atoms with van der Waals surface area (Å²) in [4.78, 5) is 27.3. The lowest BCUT2D eigenvalue weighted by molar-refractivity contribution is -0.125. The number of hydrogen-bond donors (Lipinski definition) is 1. The standard InChI is InChI=1S/C19H25N3O2/c1-15(19(20)24)22-12-6-9-17(14-22)13-21(2)18(23)11-10-16-7-4-3-5-8-16/h3-5,7-11,15H,6,12-14H2,1-2H3,(H2,20,24)/b11-10+/t15-/m1/s1. The summed E-state index contributed by atoms with van der Waals surface area (Å²) in [6.07, 6.45) is 6.42. The van der Waals surface area contributed by atoms with Crippen LogP contribution in [0.2, 0.25) is 0 Å². The van der Waals surface area contributed by atoms with Gasteiger partial charge in [0.05, 0.1) is 6.04 Å². The average Bonchev–Trinajstić information content (AvgIpc) is 2.60. The van der Waals surface area contributed by atoms with Crippen LogP contribution in [0.1, 0.15) is 18.9 Å². The van der Waals surface area contributed by atoms with Gasteiger partial charge in [-0.3, -0.25) is 14.5 Å². The highest BCUT2D eigenvalue weighted by atomic mass is 16.2. The van der Waals surface area contributed by atoms with Gasteiger partial charge in [-0.25, -0.2) is 0 Å². The third kappa shape index (κ3) is 5.06. The number of carbonyl (C=O) groups excluding carboxylic acids is 2. The highest BCUT2D eigenvalue weighted by Crippen LogP contribution is 2.14. The summed E-state index contributed by atoms with van der Waals surface area (Å²) >= 11 is 0. The van der Waals surface area contributed by atoms with E-state index >= 15 is 0 Å². The molecule has 0 radical (unpaired) electrons. The van der Waals surface area contributed by atoms with E-state index in [4.69, 9.17) is 5.73 Å². The lowest BCUT2D eigenvalue weighted by Gasteiger charge is -2.32. The van der Waals surface area contributed by atoms with E-state index < -0.39 is 0 Å². The van der Waals surface area contributed by atoms with Gasteiger partial charge in [-0.05, 0) is 30.6 Å². The van der Waals surface area contributed by atoms with Crippen molar-refractivity contribution < 1.29 is 9.59 Å². The molecule has 0 unspecified atom stereocenters. The van der Waals surface area contributed by atoms with Gasteiger partial charge >= 0.3 is 0 Å². The molecule has 1 heterocycles. The smallest absolute Gasteiger partial charge is 0.246 e. The molecule has 5 nitrogen and oxygen atoms in total. The van der Waals surface area contributed by atoms with Crippen LogP contribution in [0.3, 0.4) is 0 Å². The minimum atomic E-state index is -0.313. The summed E-state index contributed by atoms with van der Waals surface area (Å²) in [7, 11) is 1.79. The van der Waals surface area contributed by atoms with E-state index in [-0.39, 0.29) is 17.9 Å². The summed E-state index contributed by atoms with van der Waals surface area (Å²) < 4.78 is 0. The molecule has 24 heavy (non-hydrogen) atoms. The summed E-state index contributed by atoms with van der Waals surface area (Å²) in [5.74, 6) is -0.355. The SMILES string of the molecule is C[C@H](C(N)=O)N1CCC=C(CN(C)C(=O)/C=C/c2ccccc2)C1. The highest BCUT2D eigenvalue weighted by molar-refractivity contribution is 5.91. The van der Waals surface area contributed by atoms with E-state index in [1.54, 1.807) is 18.0 Å². The third-order valence-corrected chi connectivity index (χ3v) is 4.25. The van der Waals surface area contributed by atoms with Gasteiger partial charge in [0.15, 0.2) is 0 Å². The van der Waals surface area contributed by atoms with Crippen LogP contribution in [0, 0.1) is 0 Å². The Bertz CT molecular complexity index is 637. The van der Waals surface area contributed by atoms with Crippen molar-refractivity contribution in [3.63, 3.8) is 0 Å². The lowest BCUT2D eigenvalue weighted by atomic mass is 10.1. The Kier molecular flexibility index (Phi) is 6.32. The van der Waals surface area contributed by atoms with Crippen molar-refractivity contribution in [2.45, 2.75) is 19.4 Å². The van der Waals surface area contributed by atoms with Gasteiger partial charge in [0.2, 0.25) is 11.8 Å². The summed E-state index contributed by atoms with van der Waals surface area (Å²) in [6, 6.07) is 9.45. The van der Waals surface area contributed by atoms with E-state index in [0.717, 1.165) is 24.1 Å². The molecule has 0 saturated heterocycles. The Morgan fingerprint density at radius 3 is 2.71 bits per heavy atom. The second kappa shape index (κ2) is 8.45. The minimum Gasteiger partial charge on any atom is -0.368 e. The van der Waals surface area contributed by atoms with Crippen molar-refractivity contribution in [3.8, 4) is 0 Å². The second-order valence-corrected chi connectivity index (χ2v) is 6.14. The van der Waals surface area contributed by atoms with Crippen molar-refractivity contribution >= 4 is 17.9 Å². The van der Waals surface area contributed by atoms with Crippen molar-refractivity contribution in [2.24, 2.45) is 5.73 Å². The summed E-state index contributed by atoms with van der Waals surface area (Å²) in [6.45, 7) is 3.87. The molecule has 0 bridgehead atoms. The van der Waals surface area contributed by atoms with Crippen LogP contribution >= 0.6 is 0 Å². The van der Waals surface area contributed by atoms with Crippen molar-refractivity contribution in [3.05, 3.63) is 53.6 Å². The number of nitrogens with zero attached hydrogens (tertiary/aromatic N) is 2. The second-order valence-electron chi connectivity index (χ2n) is 6.14. The number of benzene rings is 1. The van der Waals surface area contributed by atoms with Crippen LogP contribution in [0.4, 0.5) is 0 Å². The molecule has 0 spiro atoms. The Hall–Kier alpha value is -2.40. The Labute approximate surface area is 143 Å². The quantitative estimate of drug-likeness (QED) is 0.638. The average molecular weight is 327 g/mol. The number of likely N-dealkylation sites (N-methyl/N-ethyl adjacent to an activating group) is 1. The van der Waals surface area contributed by atoms with Gasteiger partial charge in [0.1, 0.15) is 0 Å². The van der Waals surface area contributed by atoms with Crippen LogP contribution in [0.25, 0.3) is 6.08 Å². The van der Waals surface area contributed by atoms with Crippen molar-refractivity contribution in [2.75, 3.05) is 26.7 Å². The maximum atomic E-state index is 12.2. The molecule has 0 fully saturated rings. The van der Waals surface area contributed by atoms with Gasteiger partial charge < -0.3 is 10.6 Å². The van der Waals surface area contributed by atoms with Gasteiger partial charge in [0.25, 0.3) is 0 Å². The largest absolute Gasteiger partial charge is 0.368 e. The molecule has 0 saturated carbocycles. The molecule has 2 N–H and O–H groups in total. The first-order chi connectivity index (χ1) is 11.5. The molecule has 2 amide bonds. The van der Waals surface area contributed by atoms with E-state index in [9.17, 15) is 9.59 Å². The van der Waals surface area contributed by atoms with Crippen LogP contribution < -0.4 is 5.73 Å². The van der Waals surface area contributed by atoms with E-state index in [1.807, 2.05) is 43.3 Å². The molecule has 0 aliphatic carbocycles. The molecule has 0 aromatic heterocycles. The first-order valence-corrected chi connectivity index (χ1v) is 8.17. The zero-order chi connectivity index (χ0) is 17.5. The van der Waals surface area contributed by atoms with Gasteiger partial charge in [-0.1, -0.05) is 36.4 Å². The molecule has 128 valence electrons. The molecular weight excluding hydrogens is 302 g/mol. The molecular formula is C19H25N3O2. The number of nitrogens with two attached hydrogens (primary N) is 1. The molecule has 5 heteroatoms. The van der Waals surface area contributed by atoms with Gasteiger partial charge in [-0.15, -0.1) is 0 Å². The first-order valence-electron chi connectivity index (χ1n) is 8.17.